The zero-order chi connectivity index (χ0) is 20.9. The Bertz CT molecular complexity index is 1010. The van der Waals surface area contributed by atoms with Crippen molar-refractivity contribution >= 4 is 11.6 Å². The van der Waals surface area contributed by atoms with Crippen LogP contribution in [0, 0.1) is 0 Å². The lowest BCUT2D eigenvalue weighted by Gasteiger charge is -2.27. The molecule has 0 spiro atoms. The van der Waals surface area contributed by atoms with Crippen LogP contribution in [0.5, 0.6) is 11.5 Å². The van der Waals surface area contributed by atoms with Crippen LogP contribution in [0.2, 0.25) is 0 Å². The van der Waals surface area contributed by atoms with Crippen LogP contribution in [0.25, 0.3) is 0 Å². The summed E-state index contributed by atoms with van der Waals surface area (Å²) < 4.78 is 16.7. The minimum atomic E-state index is -0.224. The Kier molecular flexibility index (Phi) is 5.93. The van der Waals surface area contributed by atoms with Crippen LogP contribution in [0.15, 0.2) is 65.1 Å². The van der Waals surface area contributed by atoms with E-state index >= 15 is 0 Å². The minimum absolute atomic E-state index is 0.195. The maximum atomic E-state index is 12.5. The fraction of sp³-hybridized carbons (Fsp3) is 0.292. The second-order valence-electron chi connectivity index (χ2n) is 7.34. The first-order chi connectivity index (χ1) is 14.7. The highest BCUT2D eigenvalue weighted by molar-refractivity contribution is 5.91. The first-order valence-electron chi connectivity index (χ1n) is 10.1. The lowest BCUT2D eigenvalue weighted by molar-refractivity contribution is 0.0919. The standard InChI is InChI=1S/C24H26N2O4/c1-17(26-14-13-18-7-3-4-8-20(18)26)15-25-24(27)23-12-11-19(30-23)16-29-22-10-6-5-9-21(22)28-2/h3-12,17H,13-16H2,1-2H3,(H,25,27). The molecule has 3 aromatic rings. The number of anilines is 1. The number of amides is 1. The summed E-state index contributed by atoms with van der Waals surface area (Å²) in [7, 11) is 1.60. The number of fused-ring (bicyclic) bond motifs is 1. The molecule has 156 valence electrons. The maximum absolute atomic E-state index is 12.5. The number of methoxy groups -OCH3 is 1. The molecule has 0 radical (unpaired) electrons. The lowest BCUT2D eigenvalue weighted by atomic mass is 10.2. The molecule has 1 amide bonds. The van der Waals surface area contributed by atoms with Crippen molar-refractivity contribution in [1.82, 2.24) is 5.32 Å². The summed E-state index contributed by atoms with van der Waals surface area (Å²) in [6, 6.07) is 19.5. The van der Waals surface area contributed by atoms with Crippen molar-refractivity contribution in [1.29, 1.82) is 0 Å². The average Bonchev–Trinajstić information content (AvgIpc) is 3.43. The minimum Gasteiger partial charge on any atom is -0.493 e. The van der Waals surface area contributed by atoms with E-state index < -0.39 is 0 Å². The number of carbonyl (C=O) groups is 1. The van der Waals surface area contributed by atoms with Gasteiger partial charge in [0.15, 0.2) is 17.3 Å². The predicted molar refractivity (Wildman–Crippen MR) is 115 cm³/mol. The van der Waals surface area contributed by atoms with Gasteiger partial charge in [-0.15, -0.1) is 0 Å². The van der Waals surface area contributed by atoms with E-state index in [1.54, 1.807) is 19.2 Å². The largest absolute Gasteiger partial charge is 0.493 e. The molecule has 1 unspecified atom stereocenters. The molecule has 6 nitrogen and oxygen atoms in total. The van der Waals surface area contributed by atoms with Gasteiger partial charge in [-0.25, -0.2) is 0 Å². The summed E-state index contributed by atoms with van der Waals surface area (Å²) in [5.74, 6) is 1.91. The van der Waals surface area contributed by atoms with E-state index in [1.807, 2.05) is 24.3 Å². The number of benzene rings is 2. The van der Waals surface area contributed by atoms with Crippen LogP contribution in [-0.2, 0) is 13.0 Å². The molecule has 1 aliphatic rings. The molecule has 1 aromatic heterocycles. The molecule has 30 heavy (non-hydrogen) atoms. The van der Waals surface area contributed by atoms with E-state index in [1.165, 1.54) is 11.3 Å². The normalized spacial score (nSPS) is 13.6. The molecule has 1 atom stereocenters. The topological polar surface area (TPSA) is 63.9 Å². The third-order valence-corrected chi connectivity index (χ3v) is 5.34. The Morgan fingerprint density at radius 3 is 2.70 bits per heavy atom. The van der Waals surface area contributed by atoms with Crippen molar-refractivity contribution in [3.63, 3.8) is 0 Å². The van der Waals surface area contributed by atoms with Crippen molar-refractivity contribution < 1.29 is 18.7 Å². The summed E-state index contributed by atoms with van der Waals surface area (Å²) in [6.07, 6.45) is 1.04. The predicted octanol–water partition coefficient (Wildman–Crippen LogP) is 4.05. The fourth-order valence-electron chi connectivity index (χ4n) is 3.72. The molecule has 0 saturated carbocycles. The van der Waals surface area contributed by atoms with Crippen molar-refractivity contribution in [2.75, 3.05) is 25.1 Å². The van der Waals surface area contributed by atoms with Gasteiger partial charge in [-0.2, -0.15) is 0 Å². The number of furan rings is 1. The van der Waals surface area contributed by atoms with Crippen molar-refractivity contribution in [2.24, 2.45) is 0 Å². The molecule has 0 fully saturated rings. The first kappa shape index (κ1) is 19.9. The summed E-state index contributed by atoms with van der Waals surface area (Å²) >= 11 is 0. The van der Waals surface area contributed by atoms with Gasteiger partial charge in [0.2, 0.25) is 0 Å². The number of hydrogen-bond acceptors (Lipinski definition) is 5. The number of nitrogens with zero attached hydrogens (tertiary/aromatic N) is 1. The van der Waals surface area contributed by atoms with Crippen LogP contribution in [-0.4, -0.2) is 32.1 Å². The molecule has 1 N–H and O–H groups in total. The van der Waals surface area contributed by atoms with E-state index in [0.717, 1.165) is 13.0 Å². The Morgan fingerprint density at radius 2 is 1.87 bits per heavy atom. The van der Waals surface area contributed by atoms with Gasteiger partial charge in [0.25, 0.3) is 5.91 Å². The molecule has 4 rings (SSSR count). The van der Waals surface area contributed by atoms with Gasteiger partial charge in [0, 0.05) is 24.8 Å². The molecular weight excluding hydrogens is 380 g/mol. The van der Waals surface area contributed by atoms with Gasteiger partial charge in [-0.1, -0.05) is 30.3 Å². The molecular formula is C24H26N2O4. The van der Waals surface area contributed by atoms with Gasteiger partial charge in [0.1, 0.15) is 12.4 Å². The quantitative estimate of drug-likeness (QED) is 0.612. The number of hydrogen-bond donors (Lipinski definition) is 1. The van der Waals surface area contributed by atoms with Crippen LogP contribution in [0.3, 0.4) is 0 Å². The summed E-state index contributed by atoms with van der Waals surface area (Å²) in [5, 5.41) is 2.98. The third-order valence-electron chi connectivity index (χ3n) is 5.34. The smallest absolute Gasteiger partial charge is 0.287 e. The van der Waals surface area contributed by atoms with Crippen LogP contribution in [0.4, 0.5) is 5.69 Å². The fourth-order valence-corrected chi connectivity index (χ4v) is 3.72. The number of rotatable bonds is 8. The molecule has 0 saturated heterocycles. The van der Waals surface area contributed by atoms with Gasteiger partial charge in [-0.05, 0) is 49.2 Å². The zero-order valence-corrected chi connectivity index (χ0v) is 17.3. The number of para-hydroxylation sites is 3. The van der Waals surface area contributed by atoms with Crippen molar-refractivity contribution in [3.05, 3.63) is 77.7 Å². The third kappa shape index (κ3) is 4.27. The van der Waals surface area contributed by atoms with Crippen LogP contribution < -0.4 is 19.7 Å². The monoisotopic (exact) mass is 406 g/mol. The SMILES string of the molecule is COc1ccccc1OCc1ccc(C(=O)NCC(C)N2CCc3ccccc32)o1. The highest BCUT2D eigenvalue weighted by Gasteiger charge is 2.23. The molecule has 0 bridgehead atoms. The van der Waals surface area contributed by atoms with Gasteiger partial charge < -0.3 is 24.1 Å². The highest BCUT2D eigenvalue weighted by Crippen LogP contribution is 2.29. The van der Waals surface area contributed by atoms with E-state index in [4.69, 9.17) is 13.9 Å². The molecule has 0 aliphatic carbocycles. The van der Waals surface area contributed by atoms with E-state index in [0.29, 0.717) is 23.8 Å². The van der Waals surface area contributed by atoms with Crippen molar-refractivity contribution in [3.8, 4) is 11.5 Å². The molecule has 1 aliphatic heterocycles. The van der Waals surface area contributed by atoms with Crippen LogP contribution in [0.1, 0.15) is 28.8 Å². The summed E-state index contributed by atoms with van der Waals surface area (Å²) in [4.78, 5) is 14.9. The molecule has 2 aromatic carbocycles. The van der Waals surface area contributed by atoms with E-state index in [2.05, 4.69) is 41.4 Å². The first-order valence-corrected chi connectivity index (χ1v) is 10.1. The van der Waals surface area contributed by atoms with Crippen LogP contribution >= 0.6 is 0 Å². The van der Waals surface area contributed by atoms with Gasteiger partial charge in [-0.3, -0.25) is 4.79 Å². The summed E-state index contributed by atoms with van der Waals surface area (Å²) in [5.41, 5.74) is 2.62. The zero-order valence-electron chi connectivity index (χ0n) is 17.3. The molecule has 6 heteroatoms. The van der Waals surface area contributed by atoms with E-state index in [-0.39, 0.29) is 24.3 Å². The Morgan fingerprint density at radius 1 is 1.10 bits per heavy atom. The van der Waals surface area contributed by atoms with E-state index in [9.17, 15) is 4.79 Å². The highest BCUT2D eigenvalue weighted by atomic mass is 16.5. The van der Waals surface area contributed by atoms with Crippen molar-refractivity contribution in [2.45, 2.75) is 26.0 Å². The molecule has 2 heterocycles. The number of carbonyl (C=O) groups excluding carboxylic acids is 1. The van der Waals surface area contributed by atoms with Gasteiger partial charge >= 0.3 is 0 Å². The lowest BCUT2D eigenvalue weighted by Crippen LogP contribution is -2.41. The number of ether oxygens (including phenoxy) is 2. The Labute approximate surface area is 176 Å². The Balaban J connectivity index is 1.30. The second-order valence-corrected chi connectivity index (χ2v) is 7.34. The second kappa shape index (κ2) is 8.95. The Hall–Kier alpha value is -3.41. The van der Waals surface area contributed by atoms with Gasteiger partial charge in [0.05, 0.1) is 7.11 Å². The maximum Gasteiger partial charge on any atom is 0.287 e. The number of nitrogens with one attached hydrogen (secondary N) is 1. The summed E-state index contributed by atoms with van der Waals surface area (Å²) in [6.45, 7) is 3.86. The average molecular weight is 406 g/mol.